The Morgan fingerprint density at radius 1 is 1.00 bits per heavy atom. The lowest BCUT2D eigenvalue weighted by atomic mass is 10.1. The molecular weight excluding hydrogens is 411 g/mol. The Kier molecular flexibility index (Phi) is 7.19. The normalized spacial score (nSPS) is 11.5. The fraction of sp³-hybridized carbons (Fsp3) is 0.250. The molecule has 0 unspecified atom stereocenters. The van der Waals surface area contributed by atoms with Gasteiger partial charge in [-0.1, -0.05) is 11.8 Å². The van der Waals surface area contributed by atoms with Gasteiger partial charge >= 0.3 is 6.18 Å². The van der Waals surface area contributed by atoms with Gasteiger partial charge < -0.3 is 10.6 Å². The number of alkyl halides is 5. The number of rotatable bonds is 7. The number of benzene rings is 1. The molecule has 11 heteroatoms. The number of thiophene rings is 1. The highest BCUT2D eigenvalue weighted by atomic mass is 32.2. The maximum Gasteiger partial charge on any atom is 0.416 e. The zero-order valence-corrected chi connectivity index (χ0v) is 15.1. The van der Waals surface area contributed by atoms with E-state index >= 15 is 0 Å². The Bertz CT molecular complexity index is 791. The van der Waals surface area contributed by atoms with E-state index in [0.717, 1.165) is 35.6 Å². The zero-order valence-electron chi connectivity index (χ0n) is 13.5. The number of halogens is 5. The zero-order chi connectivity index (χ0) is 20.0. The van der Waals surface area contributed by atoms with Crippen molar-refractivity contribution in [1.82, 2.24) is 10.6 Å². The lowest BCUT2D eigenvalue weighted by molar-refractivity contribution is -0.137. The van der Waals surface area contributed by atoms with E-state index in [4.69, 9.17) is 0 Å². The first-order chi connectivity index (χ1) is 12.7. The van der Waals surface area contributed by atoms with Crippen LogP contribution in [-0.2, 0) is 6.18 Å². The molecule has 0 aliphatic rings. The molecule has 0 fully saturated rings. The van der Waals surface area contributed by atoms with Gasteiger partial charge in [0, 0.05) is 23.5 Å². The molecule has 0 saturated heterocycles. The smallest absolute Gasteiger partial charge is 0.350 e. The molecule has 27 heavy (non-hydrogen) atoms. The van der Waals surface area contributed by atoms with E-state index < -0.39 is 29.3 Å². The van der Waals surface area contributed by atoms with Crippen molar-refractivity contribution in [3.8, 4) is 0 Å². The van der Waals surface area contributed by atoms with Crippen molar-refractivity contribution in [3.63, 3.8) is 0 Å². The summed E-state index contributed by atoms with van der Waals surface area (Å²) in [6.45, 7) is 0.0518. The minimum atomic E-state index is -4.48. The summed E-state index contributed by atoms with van der Waals surface area (Å²) in [6.07, 6.45) is -4.48. The number of carbonyl (C=O) groups excluding carboxylic acids is 2. The minimum Gasteiger partial charge on any atom is -0.350 e. The van der Waals surface area contributed by atoms with E-state index in [1.807, 2.05) is 0 Å². The van der Waals surface area contributed by atoms with Crippen molar-refractivity contribution in [1.29, 1.82) is 0 Å². The van der Waals surface area contributed by atoms with Gasteiger partial charge in [-0.3, -0.25) is 9.59 Å². The van der Waals surface area contributed by atoms with Gasteiger partial charge in [-0.25, -0.2) is 0 Å². The minimum absolute atomic E-state index is 0.0221. The maximum atomic E-state index is 12.5. The van der Waals surface area contributed by atoms with Crippen molar-refractivity contribution in [2.75, 3.05) is 13.1 Å². The molecule has 1 heterocycles. The van der Waals surface area contributed by atoms with E-state index in [2.05, 4.69) is 10.6 Å². The van der Waals surface area contributed by atoms with Crippen LogP contribution in [0.5, 0.6) is 0 Å². The van der Waals surface area contributed by atoms with Gasteiger partial charge in [-0.15, -0.1) is 11.3 Å². The quantitative estimate of drug-likeness (QED) is 0.397. The van der Waals surface area contributed by atoms with Gasteiger partial charge in [0.1, 0.15) is 4.88 Å². The standard InChI is InChI=1S/C16H13F5N2O2S2/c17-15(18)27-11-5-8-26-12(11)14(25)23-7-6-22-13(24)9-1-3-10(4-2-9)16(19,20)21/h1-5,8,15H,6-7H2,(H,22,24)(H,23,25). The van der Waals surface area contributed by atoms with Crippen molar-refractivity contribution >= 4 is 34.9 Å². The van der Waals surface area contributed by atoms with Crippen LogP contribution >= 0.6 is 23.1 Å². The fourth-order valence-electron chi connectivity index (χ4n) is 2.00. The molecule has 0 saturated carbocycles. The lowest BCUT2D eigenvalue weighted by Gasteiger charge is -2.09. The average molecular weight is 424 g/mol. The first kappa shape index (κ1) is 21.2. The SMILES string of the molecule is O=C(NCCNC(=O)c1sccc1SC(F)F)c1ccc(C(F)(F)F)cc1. The van der Waals surface area contributed by atoms with Crippen molar-refractivity contribution in [2.45, 2.75) is 16.8 Å². The highest BCUT2D eigenvalue weighted by molar-refractivity contribution is 7.99. The molecule has 2 rings (SSSR count). The molecule has 0 radical (unpaired) electrons. The van der Waals surface area contributed by atoms with Crippen LogP contribution in [0.25, 0.3) is 0 Å². The van der Waals surface area contributed by atoms with Crippen molar-refractivity contribution in [2.24, 2.45) is 0 Å². The van der Waals surface area contributed by atoms with E-state index in [1.165, 1.54) is 11.4 Å². The van der Waals surface area contributed by atoms with Crippen LogP contribution < -0.4 is 10.6 Å². The average Bonchev–Trinajstić information content (AvgIpc) is 3.05. The highest BCUT2D eigenvalue weighted by Gasteiger charge is 2.30. The van der Waals surface area contributed by atoms with Crippen LogP contribution in [0, 0.1) is 0 Å². The molecule has 1 aromatic carbocycles. The molecule has 1 aromatic heterocycles. The van der Waals surface area contributed by atoms with Gasteiger partial charge in [0.05, 0.1) is 5.56 Å². The predicted molar refractivity (Wildman–Crippen MR) is 92.3 cm³/mol. The summed E-state index contributed by atoms with van der Waals surface area (Å²) in [5, 5.41) is 6.45. The maximum absolute atomic E-state index is 12.5. The highest BCUT2D eigenvalue weighted by Crippen LogP contribution is 2.32. The van der Waals surface area contributed by atoms with Gasteiger partial charge in [0.15, 0.2) is 0 Å². The first-order valence-electron chi connectivity index (χ1n) is 7.44. The number of carbonyl (C=O) groups is 2. The first-order valence-corrected chi connectivity index (χ1v) is 9.20. The van der Waals surface area contributed by atoms with Crippen molar-refractivity contribution < 1.29 is 31.5 Å². The van der Waals surface area contributed by atoms with Gasteiger partial charge in [0.2, 0.25) is 0 Å². The molecule has 4 nitrogen and oxygen atoms in total. The number of amides is 2. The van der Waals surface area contributed by atoms with E-state index in [1.54, 1.807) is 0 Å². The topological polar surface area (TPSA) is 58.2 Å². The molecule has 0 spiro atoms. The van der Waals surface area contributed by atoms with Crippen LogP contribution in [0.1, 0.15) is 25.6 Å². The van der Waals surface area contributed by atoms with Crippen molar-refractivity contribution in [3.05, 3.63) is 51.7 Å². The van der Waals surface area contributed by atoms with E-state index in [-0.39, 0.29) is 40.2 Å². The Morgan fingerprint density at radius 3 is 2.15 bits per heavy atom. The summed E-state index contributed by atoms with van der Waals surface area (Å²) in [6, 6.07) is 5.13. The number of nitrogens with one attached hydrogen (secondary N) is 2. The van der Waals surface area contributed by atoms with E-state index in [9.17, 15) is 31.5 Å². The Labute approximate surface area is 159 Å². The van der Waals surface area contributed by atoms with Gasteiger partial charge in [0.25, 0.3) is 17.6 Å². The second-order valence-electron chi connectivity index (χ2n) is 5.08. The van der Waals surface area contributed by atoms with Crippen LogP contribution in [0.2, 0.25) is 0 Å². The van der Waals surface area contributed by atoms with Crippen LogP contribution in [0.3, 0.4) is 0 Å². The number of hydrogen-bond acceptors (Lipinski definition) is 4. The van der Waals surface area contributed by atoms with Crippen LogP contribution in [0.4, 0.5) is 22.0 Å². The molecule has 0 atom stereocenters. The second-order valence-corrected chi connectivity index (χ2v) is 7.03. The third-order valence-corrected chi connectivity index (χ3v) is 5.04. The summed E-state index contributed by atoms with van der Waals surface area (Å²) in [5.74, 6) is -3.78. The molecular formula is C16H13F5N2O2S2. The number of thioether (sulfide) groups is 1. The van der Waals surface area contributed by atoms with Crippen LogP contribution in [-0.4, -0.2) is 30.7 Å². The summed E-state index contributed by atoms with van der Waals surface area (Å²) in [4.78, 5) is 24.2. The third kappa shape index (κ3) is 6.21. The molecule has 2 N–H and O–H groups in total. The van der Waals surface area contributed by atoms with Gasteiger partial charge in [-0.05, 0) is 35.7 Å². The third-order valence-electron chi connectivity index (χ3n) is 3.22. The molecule has 2 amide bonds. The summed E-state index contributed by atoms with van der Waals surface area (Å²) >= 11 is 1.29. The molecule has 146 valence electrons. The largest absolute Gasteiger partial charge is 0.416 e. The molecule has 0 aliphatic heterocycles. The van der Waals surface area contributed by atoms with E-state index in [0.29, 0.717) is 0 Å². The Balaban J connectivity index is 1.80. The summed E-state index contributed by atoms with van der Waals surface area (Å²) < 4.78 is 62.3. The lowest BCUT2D eigenvalue weighted by Crippen LogP contribution is -2.34. The second kappa shape index (κ2) is 9.18. The molecule has 0 bridgehead atoms. The Morgan fingerprint density at radius 2 is 1.59 bits per heavy atom. The fourth-order valence-corrected chi connectivity index (χ4v) is 3.61. The molecule has 2 aromatic rings. The predicted octanol–water partition coefficient (Wildman–Crippen LogP) is 4.24. The Hall–Kier alpha value is -2.14. The summed E-state index contributed by atoms with van der Waals surface area (Å²) in [7, 11) is 0. The summed E-state index contributed by atoms with van der Waals surface area (Å²) in [5.41, 5.74) is -0.817. The van der Waals surface area contributed by atoms with Gasteiger partial charge in [-0.2, -0.15) is 22.0 Å². The molecule has 0 aliphatic carbocycles. The monoisotopic (exact) mass is 424 g/mol. The number of hydrogen-bond donors (Lipinski definition) is 2. The van der Waals surface area contributed by atoms with Crippen LogP contribution in [0.15, 0.2) is 40.6 Å².